The summed E-state index contributed by atoms with van der Waals surface area (Å²) >= 11 is 8.35. The summed E-state index contributed by atoms with van der Waals surface area (Å²) in [6, 6.07) is 12.2. The van der Waals surface area contributed by atoms with E-state index in [0.717, 1.165) is 39.3 Å². The molecule has 1 amide bonds. The normalized spacial score (nSPS) is 15.3. The summed E-state index contributed by atoms with van der Waals surface area (Å²) in [6.45, 7) is 3.29. The highest BCUT2D eigenvalue weighted by Gasteiger charge is 2.23. The van der Waals surface area contributed by atoms with Gasteiger partial charge in [0.25, 0.3) is 5.91 Å². The van der Waals surface area contributed by atoms with E-state index in [0.29, 0.717) is 0 Å². The average molecular weight is 430 g/mol. The molecule has 0 spiro atoms. The molecule has 1 saturated heterocycles. The maximum absolute atomic E-state index is 12.5. The lowest BCUT2D eigenvalue weighted by Crippen LogP contribution is -2.48. The number of benzene rings is 1. The van der Waals surface area contributed by atoms with E-state index in [1.54, 1.807) is 0 Å². The molecule has 0 bridgehead atoms. The number of carbonyl (C=O) groups is 1. The van der Waals surface area contributed by atoms with Gasteiger partial charge in [0.1, 0.15) is 0 Å². The van der Waals surface area contributed by atoms with E-state index in [9.17, 15) is 4.79 Å². The molecule has 2 aromatic rings. The molecule has 0 saturated carbocycles. The minimum Gasteiger partial charge on any atom is -0.368 e. The Morgan fingerprint density at radius 2 is 1.71 bits per heavy atom. The van der Waals surface area contributed by atoms with Crippen molar-refractivity contribution in [2.45, 2.75) is 0 Å². The van der Waals surface area contributed by atoms with Crippen molar-refractivity contribution in [3.63, 3.8) is 0 Å². The summed E-state index contributed by atoms with van der Waals surface area (Å²) in [5.74, 6) is 0.124. The highest BCUT2D eigenvalue weighted by atomic mass is 79.9. The third-order valence-corrected chi connectivity index (χ3v) is 6.79. The number of hydrogen-bond acceptors (Lipinski definition) is 3. The molecule has 21 heavy (non-hydrogen) atoms. The van der Waals surface area contributed by atoms with E-state index in [-0.39, 0.29) is 5.91 Å². The fourth-order valence-corrected chi connectivity index (χ4v) is 4.42. The average Bonchev–Trinajstić information content (AvgIpc) is 2.87. The van der Waals surface area contributed by atoms with Crippen LogP contribution in [0.5, 0.6) is 0 Å². The summed E-state index contributed by atoms with van der Waals surface area (Å²) < 4.78 is 1.91. The molecule has 3 nitrogen and oxygen atoms in total. The van der Waals surface area contributed by atoms with Crippen LogP contribution >= 0.6 is 43.2 Å². The van der Waals surface area contributed by atoms with Crippen LogP contribution in [0, 0.1) is 0 Å². The minimum absolute atomic E-state index is 0.124. The first-order valence-corrected chi connectivity index (χ1v) is 9.09. The Hall–Kier alpha value is -0.850. The number of carbonyl (C=O) groups excluding carboxylic acids is 1. The Kier molecular flexibility index (Phi) is 4.66. The second-order valence-electron chi connectivity index (χ2n) is 4.85. The molecular formula is C15H14Br2N2OS. The van der Waals surface area contributed by atoms with Gasteiger partial charge in [0.15, 0.2) is 0 Å². The standard InChI is InChI=1S/C15H14Br2N2OS/c16-12-10-13(21-14(12)17)15(20)19-8-6-18(7-9-19)11-4-2-1-3-5-11/h1-5,10H,6-9H2. The van der Waals surface area contributed by atoms with Crippen molar-refractivity contribution in [2.24, 2.45) is 0 Å². The zero-order chi connectivity index (χ0) is 14.8. The maximum atomic E-state index is 12.5. The van der Waals surface area contributed by atoms with Crippen LogP contribution in [0.1, 0.15) is 9.67 Å². The van der Waals surface area contributed by atoms with Crippen molar-refractivity contribution in [1.82, 2.24) is 4.90 Å². The topological polar surface area (TPSA) is 23.6 Å². The number of hydrogen-bond donors (Lipinski definition) is 0. The monoisotopic (exact) mass is 428 g/mol. The van der Waals surface area contributed by atoms with Crippen LogP contribution in [0.25, 0.3) is 0 Å². The van der Waals surface area contributed by atoms with Gasteiger partial charge >= 0.3 is 0 Å². The molecule has 1 aliphatic rings. The molecule has 0 radical (unpaired) electrons. The van der Waals surface area contributed by atoms with E-state index in [1.165, 1.54) is 17.0 Å². The van der Waals surface area contributed by atoms with Crippen LogP contribution in [0.3, 0.4) is 0 Å². The Balaban J connectivity index is 1.64. The molecule has 1 fully saturated rings. The van der Waals surface area contributed by atoms with Crippen LogP contribution in [-0.2, 0) is 0 Å². The van der Waals surface area contributed by atoms with Crippen molar-refractivity contribution in [3.05, 3.63) is 49.5 Å². The maximum Gasteiger partial charge on any atom is 0.264 e. The van der Waals surface area contributed by atoms with E-state index in [4.69, 9.17) is 0 Å². The van der Waals surface area contributed by atoms with Gasteiger partial charge in [0, 0.05) is 36.3 Å². The van der Waals surface area contributed by atoms with Crippen LogP contribution in [-0.4, -0.2) is 37.0 Å². The first kappa shape index (κ1) is 15.1. The number of rotatable bonds is 2. The largest absolute Gasteiger partial charge is 0.368 e. The quantitative estimate of drug-likeness (QED) is 0.712. The van der Waals surface area contributed by atoms with Gasteiger partial charge < -0.3 is 9.80 Å². The van der Waals surface area contributed by atoms with Gasteiger partial charge in [-0.05, 0) is 50.1 Å². The van der Waals surface area contributed by atoms with Crippen LogP contribution < -0.4 is 4.90 Å². The number of nitrogens with zero attached hydrogens (tertiary/aromatic N) is 2. The first-order valence-electron chi connectivity index (χ1n) is 6.69. The predicted octanol–water partition coefficient (Wildman–Crippen LogP) is 4.24. The van der Waals surface area contributed by atoms with Gasteiger partial charge in [-0.25, -0.2) is 0 Å². The lowest BCUT2D eigenvalue weighted by molar-refractivity contribution is 0.0751. The number of piperazine rings is 1. The zero-order valence-corrected chi connectivity index (χ0v) is 15.2. The van der Waals surface area contributed by atoms with Gasteiger partial charge in [-0.2, -0.15) is 0 Å². The summed E-state index contributed by atoms with van der Waals surface area (Å²) in [4.78, 5) is 17.5. The highest BCUT2D eigenvalue weighted by Crippen LogP contribution is 2.33. The van der Waals surface area contributed by atoms with Crippen LogP contribution in [0.2, 0.25) is 0 Å². The summed E-state index contributed by atoms with van der Waals surface area (Å²) in [5, 5.41) is 0. The van der Waals surface area contributed by atoms with Crippen LogP contribution in [0.15, 0.2) is 44.7 Å². The van der Waals surface area contributed by atoms with Gasteiger partial charge in [0.05, 0.1) is 8.66 Å². The SMILES string of the molecule is O=C(c1cc(Br)c(Br)s1)N1CCN(c2ccccc2)CC1. The smallest absolute Gasteiger partial charge is 0.264 e. The highest BCUT2D eigenvalue weighted by molar-refractivity contribution is 9.13. The van der Waals surface area contributed by atoms with E-state index in [1.807, 2.05) is 29.2 Å². The van der Waals surface area contributed by atoms with E-state index in [2.05, 4.69) is 48.9 Å². The van der Waals surface area contributed by atoms with Gasteiger partial charge in [-0.1, -0.05) is 18.2 Å². The third-order valence-electron chi connectivity index (χ3n) is 3.54. The van der Waals surface area contributed by atoms with Crippen molar-refractivity contribution in [1.29, 1.82) is 0 Å². The van der Waals surface area contributed by atoms with Crippen molar-refractivity contribution >= 4 is 54.8 Å². The van der Waals surface area contributed by atoms with Crippen molar-refractivity contribution < 1.29 is 4.79 Å². The van der Waals surface area contributed by atoms with Crippen LogP contribution in [0.4, 0.5) is 5.69 Å². The molecule has 0 unspecified atom stereocenters. The predicted molar refractivity (Wildman–Crippen MR) is 94.3 cm³/mol. The second kappa shape index (κ2) is 6.50. The molecule has 110 valence electrons. The first-order chi connectivity index (χ1) is 10.1. The molecule has 6 heteroatoms. The summed E-state index contributed by atoms with van der Waals surface area (Å²) in [5.41, 5.74) is 1.23. The Labute approximate surface area is 144 Å². The number of halogens is 2. The molecule has 3 rings (SSSR count). The molecule has 0 aliphatic carbocycles. The zero-order valence-electron chi connectivity index (χ0n) is 11.3. The van der Waals surface area contributed by atoms with Gasteiger partial charge in [-0.3, -0.25) is 4.79 Å². The van der Waals surface area contributed by atoms with Crippen molar-refractivity contribution in [3.8, 4) is 0 Å². The number of amides is 1. The summed E-state index contributed by atoms with van der Waals surface area (Å²) in [7, 11) is 0. The molecule has 1 aromatic carbocycles. The Bertz CT molecular complexity index is 617. The Morgan fingerprint density at radius 1 is 1.05 bits per heavy atom. The lowest BCUT2D eigenvalue weighted by Gasteiger charge is -2.35. The second-order valence-corrected chi connectivity index (χ2v) is 8.07. The summed E-state index contributed by atoms with van der Waals surface area (Å²) in [6.07, 6.45) is 0. The minimum atomic E-state index is 0.124. The number of anilines is 1. The lowest BCUT2D eigenvalue weighted by atomic mass is 10.2. The molecule has 0 N–H and O–H groups in total. The number of para-hydroxylation sites is 1. The molecule has 2 heterocycles. The molecule has 1 aromatic heterocycles. The van der Waals surface area contributed by atoms with Gasteiger partial charge in [0.2, 0.25) is 0 Å². The van der Waals surface area contributed by atoms with E-state index < -0.39 is 0 Å². The van der Waals surface area contributed by atoms with Gasteiger partial charge in [-0.15, -0.1) is 11.3 Å². The number of thiophene rings is 1. The molecule has 1 aliphatic heterocycles. The Morgan fingerprint density at radius 3 is 2.29 bits per heavy atom. The van der Waals surface area contributed by atoms with E-state index >= 15 is 0 Å². The fourth-order valence-electron chi connectivity index (χ4n) is 2.41. The fraction of sp³-hybridized carbons (Fsp3) is 0.267. The molecular weight excluding hydrogens is 416 g/mol. The molecule has 0 atom stereocenters. The third kappa shape index (κ3) is 3.33. The van der Waals surface area contributed by atoms with Crippen molar-refractivity contribution in [2.75, 3.05) is 31.1 Å².